The number of aryl methyl sites for hydroxylation is 1. The zero-order valence-electron chi connectivity index (χ0n) is 12.6. The zero-order chi connectivity index (χ0) is 14.3. The van der Waals surface area contributed by atoms with Gasteiger partial charge in [0.25, 0.3) is 0 Å². The van der Waals surface area contributed by atoms with Crippen molar-refractivity contribution in [2.75, 3.05) is 25.6 Å². The summed E-state index contributed by atoms with van der Waals surface area (Å²) < 4.78 is 10.9. The molecule has 1 aromatic heterocycles. The average molecular weight is 267 g/mol. The zero-order valence-corrected chi connectivity index (χ0v) is 12.6. The van der Waals surface area contributed by atoms with Gasteiger partial charge >= 0.3 is 0 Å². The van der Waals surface area contributed by atoms with Crippen LogP contribution >= 0.6 is 0 Å². The van der Waals surface area contributed by atoms with Crippen LogP contribution in [-0.4, -0.2) is 36.3 Å². The quantitative estimate of drug-likeness (QED) is 0.784. The third-order valence-corrected chi connectivity index (χ3v) is 2.68. The van der Waals surface area contributed by atoms with E-state index in [0.29, 0.717) is 12.5 Å². The molecule has 0 spiro atoms. The number of anilines is 1. The van der Waals surface area contributed by atoms with E-state index >= 15 is 0 Å². The predicted octanol–water partition coefficient (Wildman–Crippen LogP) is 2.58. The average Bonchev–Trinajstić information content (AvgIpc) is 2.36. The third-order valence-electron chi connectivity index (χ3n) is 2.68. The summed E-state index contributed by atoms with van der Waals surface area (Å²) in [6, 6.07) is 0. The van der Waals surface area contributed by atoms with Crippen LogP contribution in [-0.2, 0) is 11.2 Å². The molecule has 1 aromatic rings. The fourth-order valence-electron chi connectivity index (χ4n) is 1.79. The third kappa shape index (κ3) is 4.67. The van der Waals surface area contributed by atoms with Crippen molar-refractivity contribution in [1.82, 2.24) is 9.97 Å². The van der Waals surface area contributed by atoms with Crippen LogP contribution in [0.1, 0.15) is 38.6 Å². The van der Waals surface area contributed by atoms with E-state index in [-0.39, 0.29) is 6.10 Å². The van der Waals surface area contributed by atoms with E-state index in [0.717, 1.165) is 36.6 Å². The van der Waals surface area contributed by atoms with Gasteiger partial charge in [-0.1, -0.05) is 6.92 Å². The van der Waals surface area contributed by atoms with Gasteiger partial charge in [0.15, 0.2) is 0 Å². The maximum Gasteiger partial charge on any atom is 0.222 e. The highest BCUT2D eigenvalue weighted by Gasteiger charge is 2.14. The van der Waals surface area contributed by atoms with Gasteiger partial charge in [-0.2, -0.15) is 4.98 Å². The monoisotopic (exact) mass is 267 g/mol. The minimum absolute atomic E-state index is 0.0254. The Bertz CT molecular complexity index is 397. The van der Waals surface area contributed by atoms with Crippen LogP contribution in [0.15, 0.2) is 0 Å². The van der Waals surface area contributed by atoms with E-state index in [1.807, 2.05) is 13.8 Å². The van der Waals surface area contributed by atoms with Gasteiger partial charge in [0, 0.05) is 20.1 Å². The largest absolute Gasteiger partial charge is 0.472 e. The van der Waals surface area contributed by atoms with Crippen molar-refractivity contribution in [2.45, 2.75) is 46.6 Å². The summed E-state index contributed by atoms with van der Waals surface area (Å²) >= 11 is 0. The van der Waals surface area contributed by atoms with Gasteiger partial charge in [-0.15, -0.1) is 0 Å². The van der Waals surface area contributed by atoms with E-state index in [9.17, 15) is 0 Å². The molecule has 0 radical (unpaired) electrons. The lowest BCUT2D eigenvalue weighted by atomic mass is 10.2. The maximum absolute atomic E-state index is 5.84. The Hall–Kier alpha value is -1.36. The Balaban J connectivity index is 2.99. The van der Waals surface area contributed by atoms with Crippen LogP contribution < -0.4 is 10.1 Å². The van der Waals surface area contributed by atoms with Crippen molar-refractivity contribution in [3.63, 3.8) is 0 Å². The molecule has 1 rings (SSSR count). The number of methoxy groups -OCH3 is 1. The fourth-order valence-corrected chi connectivity index (χ4v) is 1.79. The molecule has 1 atom stereocenters. The molecule has 0 aromatic carbocycles. The molecule has 0 aliphatic carbocycles. The number of rotatable bonds is 8. The standard InChI is InChI=1S/C14H25N3O2/c1-6-8-12-16-13(15-7-2)11(4)14(17-12)19-10(3)9-18-5/h10H,6-9H2,1-5H3,(H,15,16,17). The molecule has 0 bridgehead atoms. The Morgan fingerprint density at radius 2 is 2.00 bits per heavy atom. The van der Waals surface area contributed by atoms with E-state index in [1.165, 1.54) is 0 Å². The molecule has 0 saturated carbocycles. The van der Waals surface area contributed by atoms with Crippen LogP contribution in [0, 0.1) is 6.92 Å². The van der Waals surface area contributed by atoms with Gasteiger partial charge in [0.05, 0.1) is 12.2 Å². The SMILES string of the molecule is CCCc1nc(NCC)c(C)c(OC(C)COC)n1. The van der Waals surface area contributed by atoms with Crippen molar-refractivity contribution in [1.29, 1.82) is 0 Å². The summed E-state index contributed by atoms with van der Waals surface area (Å²) in [4.78, 5) is 9.03. The van der Waals surface area contributed by atoms with Crippen LogP contribution in [0.25, 0.3) is 0 Å². The summed E-state index contributed by atoms with van der Waals surface area (Å²) in [5, 5.41) is 3.26. The van der Waals surface area contributed by atoms with E-state index in [2.05, 4.69) is 29.1 Å². The first-order valence-electron chi connectivity index (χ1n) is 6.89. The summed E-state index contributed by atoms with van der Waals surface area (Å²) in [6.07, 6.45) is 1.85. The van der Waals surface area contributed by atoms with Crippen LogP contribution in [0.2, 0.25) is 0 Å². The number of hydrogen-bond donors (Lipinski definition) is 1. The highest BCUT2D eigenvalue weighted by Crippen LogP contribution is 2.23. The Morgan fingerprint density at radius 3 is 2.58 bits per heavy atom. The molecule has 19 heavy (non-hydrogen) atoms. The Morgan fingerprint density at radius 1 is 1.26 bits per heavy atom. The van der Waals surface area contributed by atoms with Crippen molar-refractivity contribution >= 4 is 5.82 Å². The summed E-state index contributed by atoms with van der Waals surface area (Å²) in [5.74, 6) is 2.34. The first-order valence-corrected chi connectivity index (χ1v) is 6.89. The molecular formula is C14H25N3O2. The normalized spacial score (nSPS) is 12.3. The van der Waals surface area contributed by atoms with Gasteiger partial charge in [0.1, 0.15) is 17.7 Å². The van der Waals surface area contributed by atoms with Gasteiger partial charge < -0.3 is 14.8 Å². The lowest BCUT2D eigenvalue weighted by molar-refractivity contribution is 0.0882. The molecule has 0 saturated heterocycles. The van der Waals surface area contributed by atoms with Crippen molar-refractivity contribution in [3.05, 3.63) is 11.4 Å². The molecule has 5 heteroatoms. The Labute approximate surface area is 115 Å². The molecule has 1 unspecified atom stereocenters. The minimum atomic E-state index is -0.0254. The number of ether oxygens (including phenoxy) is 2. The van der Waals surface area contributed by atoms with Gasteiger partial charge in [-0.3, -0.25) is 0 Å². The van der Waals surface area contributed by atoms with E-state index in [4.69, 9.17) is 9.47 Å². The molecule has 0 fully saturated rings. The summed E-state index contributed by atoms with van der Waals surface area (Å²) in [5.41, 5.74) is 0.949. The molecule has 0 aliphatic heterocycles. The van der Waals surface area contributed by atoms with Crippen molar-refractivity contribution in [3.8, 4) is 5.88 Å². The number of aromatic nitrogens is 2. The van der Waals surface area contributed by atoms with Gasteiger partial charge in [-0.25, -0.2) is 4.98 Å². The van der Waals surface area contributed by atoms with Crippen LogP contribution in [0.4, 0.5) is 5.82 Å². The number of nitrogens with zero attached hydrogens (tertiary/aromatic N) is 2. The number of nitrogens with one attached hydrogen (secondary N) is 1. The molecule has 108 valence electrons. The minimum Gasteiger partial charge on any atom is -0.472 e. The lowest BCUT2D eigenvalue weighted by Gasteiger charge is -2.17. The van der Waals surface area contributed by atoms with E-state index in [1.54, 1.807) is 7.11 Å². The molecule has 0 amide bonds. The molecule has 1 N–H and O–H groups in total. The van der Waals surface area contributed by atoms with Crippen LogP contribution in [0.5, 0.6) is 5.88 Å². The smallest absolute Gasteiger partial charge is 0.222 e. The topological polar surface area (TPSA) is 56.3 Å². The molecule has 0 aliphatic rings. The first kappa shape index (κ1) is 15.7. The first-order chi connectivity index (χ1) is 9.12. The molecule has 1 heterocycles. The predicted molar refractivity (Wildman–Crippen MR) is 76.9 cm³/mol. The highest BCUT2D eigenvalue weighted by atomic mass is 16.5. The van der Waals surface area contributed by atoms with Crippen molar-refractivity contribution < 1.29 is 9.47 Å². The second kappa shape index (κ2) is 7.94. The second-order valence-electron chi connectivity index (χ2n) is 4.58. The molecular weight excluding hydrogens is 242 g/mol. The fraction of sp³-hybridized carbons (Fsp3) is 0.714. The lowest BCUT2D eigenvalue weighted by Crippen LogP contribution is -2.20. The summed E-state index contributed by atoms with van der Waals surface area (Å²) in [6.45, 7) is 9.49. The van der Waals surface area contributed by atoms with E-state index < -0.39 is 0 Å². The molecule has 5 nitrogen and oxygen atoms in total. The van der Waals surface area contributed by atoms with Gasteiger partial charge in [0.2, 0.25) is 5.88 Å². The highest BCUT2D eigenvalue weighted by molar-refractivity contribution is 5.48. The van der Waals surface area contributed by atoms with Crippen molar-refractivity contribution in [2.24, 2.45) is 0 Å². The number of hydrogen-bond acceptors (Lipinski definition) is 5. The van der Waals surface area contributed by atoms with Gasteiger partial charge in [-0.05, 0) is 27.2 Å². The Kier molecular flexibility index (Phi) is 6.56. The summed E-state index contributed by atoms with van der Waals surface area (Å²) in [7, 11) is 1.67. The maximum atomic E-state index is 5.84. The second-order valence-corrected chi connectivity index (χ2v) is 4.58. The van der Waals surface area contributed by atoms with Crippen LogP contribution in [0.3, 0.4) is 0 Å².